The van der Waals surface area contributed by atoms with E-state index in [0.29, 0.717) is 31.2 Å². The molecule has 160 valence electrons. The average molecular weight is 419 g/mol. The lowest BCUT2D eigenvalue weighted by Gasteiger charge is -2.22. The number of aromatic nitrogens is 1. The van der Waals surface area contributed by atoms with Crippen LogP contribution in [0, 0.1) is 12.8 Å². The maximum atomic E-state index is 13.1. The van der Waals surface area contributed by atoms with Gasteiger partial charge in [-0.2, -0.15) is 0 Å². The molecule has 1 aliphatic rings. The fraction of sp³-hybridized carbons (Fsp3) is 0.292. The van der Waals surface area contributed by atoms with Crippen LogP contribution in [0.1, 0.15) is 39.3 Å². The fourth-order valence-corrected chi connectivity index (χ4v) is 3.83. The zero-order valence-electron chi connectivity index (χ0n) is 17.4. The van der Waals surface area contributed by atoms with E-state index >= 15 is 0 Å². The van der Waals surface area contributed by atoms with Crippen LogP contribution >= 0.6 is 0 Å². The van der Waals surface area contributed by atoms with E-state index in [9.17, 15) is 14.7 Å². The standard InChI is InChI=1S/C24H25N3O4/c1-15-6-7-19(18-5-3-2-4-17(15)18)23(29)26-20-8-9-21(28)27-22(20)24(30)25-14-16-10-12-31-13-11-16/h2-9,16H,10-14H2,1H3,(H,25,30)(H,26,29)(H,27,28). The number of rotatable bonds is 5. The van der Waals surface area contributed by atoms with E-state index in [1.807, 2.05) is 37.3 Å². The topological polar surface area (TPSA) is 101 Å². The average Bonchev–Trinajstić information content (AvgIpc) is 2.79. The number of aryl methyl sites for hydroxylation is 1. The van der Waals surface area contributed by atoms with Crippen LogP contribution in [0.15, 0.2) is 48.5 Å². The molecule has 0 spiro atoms. The van der Waals surface area contributed by atoms with Crippen molar-refractivity contribution in [1.82, 2.24) is 10.3 Å². The molecule has 3 aromatic rings. The smallest absolute Gasteiger partial charge is 0.272 e. The van der Waals surface area contributed by atoms with Crippen LogP contribution in [0.25, 0.3) is 10.8 Å². The summed E-state index contributed by atoms with van der Waals surface area (Å²) in [5.74, 6) is -0.726. The van der Waals surface area contributed by atoms with Crippen molar-refractivity contribution in [2.45, 2.75) is 19.8 Å². The largest absolute Gasteiger partial charge is 0.493 e. The highest BCUT2D eigenvalue weighted by molar-refractivity contribution is 6.15. The zero-order valence-corrected chi connectivity index (χ0v) is 17.4. The Labute approximate surface area is 180 Å². The van der Waals surface area contributed by atoms with Crippen LogP contribution in [-0.2, 0) is 4.74 Å². The molecule has 0 aliphatic carbocycles. The molecule has 2 aromatic carbocycles. The molecule has 0 unspecified atom stereocenters. The number of nitrogens with zero attached hydrogens (tertiary/aromatic N) is 1. The molecule has 0 saturated carbocycles. The minimum absolute atomic E-state index is 0.0168. The first-order valence-electron chi connectivity index (χ1n) is 10.4. The Morgan fingerprint density at radius 1 is 1.03 bits per heavy atom. The van der Waals surface area contributed by atoms with Gasteiger partial charge in [0.2, 0.25) is 5.88 Å². The van der Waals surface area contributed by atoms with Crippen LogP contribution in [0.5, 0.6) is 5.88 Å². The Morgan fingerprint density at radius 2 is 1.77 bits per heavy atom. The Bertz CT molecular complexity index is 1120. The normalized spacial score (nSPS) is 14.4. The number of aromatic hydroxyl groups is 1. The van der Waals surface area contributed by atoms with Gasteiger partial charge in [-0.25, -0.2) is 4.98 Å². The Kier molecular flexibility index (Phi) is 6.13. The van der Waals surface area contributed by atoms with Gasteiger partial charge >= 0.3 is 0 Å². The van der Waals surface area contributed by atoms with Crippen LogP contribution < -0.4 is 10.6 Å². The van der Waals surface area contributed by atoms with Gasteiger partial charge in [-0.1, -0.05) is 30.3 Å². The summed E-state index contributed by atoms with van der Waals surface area (Å²) in [4.78, 5) is 29.8. The summed E-state index contributed by atoms with van der Waals surface area (Å²) < 4.78 is 5.34. The van der Waals surface area contributed by atoms with Gasteiger partial charge in [-0.3, -0.25) is 9.59 Å². The van der Waals surface area contributed by atoms with Gasteiger partial charge in [0.15, 0.2) is 5.69 Å². The number of hydrogen-bond donors (Lipinski definition) is 3. The third-order valence-corrected chi connectivity index (χ3v) is 5.62. The molecule has 0 radical (unpaired) electrons. The van der Waals surface area contributed by atoms with E-state index in [4.69, 9.17) is 4.74 Å². The van der Waals surface area contributed by atoms with Crippen molar-refractivity contribution in [3.63, 3.8) is 0 Å². The minimum atomic E-state index is -0.438. The number of nitrogens with one attached hydrogen (secondary N) is 2. The van der Waals surface area contributed by atoms with Crippen molar-refractivity contribution in [2.24, 2.45) is 5.92 Å². The minimum Gasteiger partial charge on any atom is -0.493 e. The number of ether oxygens (including phenoxy) is 1. The molecule has 7 heteroatoms. The predicted molar refractivity (Wildman–Crippen MR) is 118 cm³/mol. The molecule has 31 heavy (non-hydrogen) atoms. The Balaban J connectivity index is 1.55. The molecule has 1 aliphatic heterocycles. The Morgan fingerprint density at radius 3 is 2.55 bits per heavy atom. The SMILES string of the molecule is Cc1ccc(C(=O)Nc2ccc(O)nc2C(=O)NCC2CCOCC2)c2ccccc12. The molecule has 4 rings (SSSR count). The van der Waals surface area contributed by atoms with Crippen molar-refractivity contribution in [3.05, 3.63) is 65.4 Å². The number of carbonyl (C=O) groups excluding carboxylic acids is 2. The van der Waals surface area contributed by atoms with Crippen molar-refractivity contribution >= 4 is 28.3 Å². The molecular weight excluding hydrogens is 394 g/mol. The summed E-state index contributed by atoms with van der Waals surface area (Å²) in [5, 5.41) is 17.3. The highest BCUT2D eigenvalue weighted by Crippen LogP contribution is 2.25. The summed E-state index contributed by atoms with van der Waals surface area (Å²) >= 11 is 0. The van der Waals surface area contributed by atoms with Crippen molar-refractivity contribution in [1.29, 1.82) is 0 Å². The first-order chi connectivity index (χ1) is 15.0. The van der Waals surface area contributed by atoms with Crippen LogP contribution in [0.4, 0.5) is 5.69 Å². The molecule has 7 nitrogen and oxygen atoms in total. The first kappa shape index (κ1) is 20.8. The van der Waals surface area contributed by atoms with E-state index in [1.54, 1.807) is 6.07 Å². The summed E-state index contributed by atoms with van der Waals surface area (Å²) in [6.45, 7) is 3.87. The van der Waals surface area contributed by atoms with E-state index in [1.165, 1.54) is 12.1 Å². The number of benzene rings is 2. The number of pyridine rings is 1. The molecular formula is C24H25N3O4. The maximum Gasteiger partial charge on any atom is 0.272 e. The molecule has 0 atom stereocenters. The second-order valence-electron chi connectivity index (χ2n) is 7.76. The van der Waals surface area contributed by atoms with Crippen LogP contribution in [-0.4, -0.2) is 41.7 Å². The zero-order chi connectivity index (χ0) is 21.8. The third-order valence-electron chi connectivity index (χ3n) is 5.62. The molecule has 2 amide bonds. The third kappa shape index (κ3) is 4.67. The lowest BCUT2D eigenvalue weighted by atomic mass is 10.00. The second kappa shape index (κ2) is 9.14. The van der Waals surface area contributed by atoms with Crippen molar-refractivity contribution < 1.29 is 19.4 Å². The number of anilines is 1. The number of amides is 2. The van der Waals surface area contributed by atoms with E-state index in [-0.39, 0.29) is 23.2 Å². The lowest BCUT2D eigenvalue weighted by molar-refractivity contribution is 0.0642. The van der Waals surface area contributed by atoms with E-state index in [0.717, 1.165) is 29.2 Å². The van der Waals surface area contributed by atoms with Gasteiger partial charge in [0.25, 0.3) is 11.8 Å². The molecule has 1 fully saturated rings. The van der Waals surface area contributed by atoms with Crippen molar-refractivity contribution in [3.8, 4) is 5.88 Å². The molecule has 2 heterocycles. The van der Waals surface area contributed by atoms with Gasteiger partial charge in [0, 0.05) is 31.4 Å². The molecule has 0 bridgehead atoms. The maximum absolute atomic E-state index is 13.1. The van der Waals surface area contributed by atoms with E-state index in [2.05, 4.69) is 15.6 Å². The van der Waals surface area contributed by atoms with Crippen LogP contribution in [0.2, 0.25) is 0 Å². The Hall–Kier alpha value is -3.45. The highest BCUT2D eigenvalue weighted by Gasteiger charge is 2.20. The van der Waals surface area contributed by atoms with Crippen molar-refractivity contribution in [2.75, 3.05) is 25.1 Å². The lowest BCUT2D eigenvalue weighted by Crippen LogP contribution is -2.33. The fourth-order valence-electron chi connectivity index (χ4n) is 3.83. The first-order valence-corrected chi connectivity index (χ1v) is 10.4. The highest BCUT2D eigenvalue weighted by atomic mass is 16.5. The van der Waals surface area contributed by atoms with E-state index < -0.39 is 5.91 Å². The number of fused-ring (bicyclic) bond motifs is 1. The second-order valence-corrected chi connectivity index (χ2v) is 7.76. The molecule has 1 aromatic heterocycles. The predicted octanol–water partition coefficient (Wildman–Crippen LogP) is 3.66. The quantitative estimate of drug-likeness (QED) is 0.586. The summed E-state index contributed by atoms with van der Waals surface area (Å²) in [5.41, 5.74) is 1.81. The molecule has 1 saturated heterocycles. The summed E-state index contributed by atoms with van der Waals surface area (Å²) in [6.07, 6.45) is 1.77. The van der Waals surface area contributed by atoms with Crippen LogP contribution in [0.3, 0.4) is 0 Å². The van der Waals surface area contributed by atoms with Gasteiger partial charge in [0.1, 0.15) is 0 Å². The van der Waals surface area contributed by atoms with Gasteiger partial charge < -0.3 is 20.5 Å². The summed E-state index contributed by atoms with van der Waals surface area (Å²) in [7, 11) is 0. The van der Waals surface area contributed by atoms with Gasteiger partial charge in [0.05, 0.1) is 5.69 Å². The summed E-state index contributed by atoms with van der Waals surface area (Å²) in [6, 6.07) is 14.2. The monoisotopic (exact) mass is 419 g/mol. The van der Waals surface area contributed by atoms with Gasteiger partial charge in [-0.05, 0) is 54.2 Å². The van der Waals surface area contributed by atoms with Gasteiger partial charge in [-0.15, -0.1) is 0 Å². The number of carbonyl (C=O) groups is 2. The molecule has 3 N–H and O–H groups in total. The number of hydrogen-bond acceptors (Lipinski definition) is 5.